The molecule has 0 aliphatic carbocycles. The van der Waals surface area contributed by atoms with Crippen LogP contribution in [-0.2, 0) is 6.54 Å². The minimum Gasteiger partial charge on any atom is -0.493 e. The Morgan fingerprint density at radius 3 is 2.40 bits per heavy atom. The summed E-state index contributed by atoms with van der Waals surface area (Å²) in [7, 11) is 5.51. The van der Waals surface area contributed by atoms with E-state index in [9.17, 15) is 0 Å². The first kappa shape index (κ1) is 15.1. The summed E-state index contributed by atoms with van der Waals surface area (Å²) < 4.78 is 10.8. The molecule has 0 saturated carbocycles. The van der Waals surface area contributed by atoms with Crippen LogP contribution >= 0.6 is 0 Å². The van der Waals surface area contributed by atoms with E-state index in [1.54, 1.807) is 20.4 Å². The van der Waals surface area contributed by atoms with Crippen LogP contribution in [0.3, 0.4) is 0 Å². The van der Waals surface area contributed by atoms with Crippen LogP contribution < -0.4 is 9.47 Å². The Bertz CT molecular complexity index is 441. The van der Waals surface area contributed by atoms with Crippen molar-refractivity contribution in [1.29, 1.82) is 0 Å². The van der Waals surface area contributed by atoms with Crippen LogP contribution in [0.2, 0.25) is 0 Å². The highest BCUT2D eigenvalue weighted by atomic mass is 16.5. The summed E-state index contributed by atoms with van der Waals surface area (Å²) in [4.78, 5) is 9.31. The summed E-state index contributed by atoms with van der Waals surface area (Å²) >= 11 is 0. The van der Waals surface area contributed by atoms with Gasteiger partial charge in [0.1, 0.15) is 5.69 Å². The van der Waals surface area contributed by atoms with Crippen LogP contribution in [0.15, 0.2) is 12.3 Å². The fourth-order valence-electron chi connectivity index (χ4n) is 2.82. The molecule has 0 radical (unpaired) electrons. The highest BCUT2D eigenvalue weighted by molar-refractivity contribution is 5.42. The number of likely N-dealkylation sites (N-methyl/N-ethyl adjacent to an activating group) is 1. The highest BCUT2D eigenvalue weighted by Crippen LogP contribution is 2.30. The molecular formula is C15H25N3O2. The van der Waals surface area contributed by atoms with E-state index in [1.807, 2.05) is 6.07 Å². The number of aromatic nitrogens is 1. The number of ether oxygens (including phenoxy) is 2. The van der Waals surface area contributed by atoms with E-state index >= 15 is 0 Å². The normalized spacial score (nSPS) is 24.6. The molecule has 2 heterocycles. The van der Waals surface area contributed by atoms with Gasteiger partial charge < -0.3 is 9.47 Å². The molecule has 1 fully saturated rings. The van der Waals surface area contributed by atoms with Crippen molar-refractivity contribution >= 4 is 0 Å². The van der Waals surface area contributed by atoms with Crippen LogP contribution in [-0.4, -0.2) is 61.2 Å². The molecule has 1 aromatic rings. The molecule has 2 rings (SSSR count). The summed E-state index contributed by atoms with van der Waals surface area (Å²) in [5.41, 5.74) is 0.941. The predicted molar refractivity (Wildman–Crippen MR) is 79.3 cm³/mol. The number of hydrogen-bond acceptors (Lipinski definition) is 5. The van der Waals surface area contributed by atoms with E-state index in [0.717, 1.165) is 36.8 Å². The molecule has 1 saturated heterocycles. The molecule has 5 heteroatoms. The van der Waals surface area contributed by atoms with Crippen LogP contribution in [0.25, 0.3) is 0 Å². The molecular weight excluding hydrogens is 254 g/mol. The summed E-state index contributed by atoms with van der Waals surface area (Å²) in [6, 6.07) is 2.93. The standard InChI is InChI=1S/C15H25N3O2/c1-11-8-18(9-12(2)17(11)3)10-13-15(20-5)14(19-4)6-7-16-13/h6-7,11-12H,8-10H2,1-5H3/t11-,12-/m0/s1. The number of nitrogens with zero attached hydrogens (tertiary/aromatic N) is 3. The van der Waals surface area contributed by atoms with Gasteiger partial charge in [-0.15, -0.1) is 0 Å². The summed E-state index contributed by atoms with van der Waals surface area (Å²) in [5.74, 6) is 1.49. The molecule has 0 amide bonds. The van der Waals surface area contributed by atoms with Crippen molar-refractivity contribution in [3.8, 4) is 11.5 Å². The molecule has 0 bridgehead atoms. The van der Waals surface area contributed by atoms with E-state index in [2.05, 4.69) is 35.7 Å². The van der Waals surface area contributed by atoms with Gasteiger partial charge in [0.2, 0.25) is 0 Å². The van der Waals surface area contributed by atoms with Gasteiger partial charge in [0.25, 0.3) is 0 Å². The first-order chi connectivity index (χ1) is 9.56. The number of pyridine rings is 1. The fraction of sp³-hybridized carbons (Fsp3) is 0.667. The van der Waals surface area contributed by atoms with Crippen LogP contribution in [0, 0.1) is 0 Å². The van der Waals surface area contributed by atoms with Crippen LogP contribution in [0.5, 0.6) is 11.5 Å². The maximum atomic E-state index is 5.46. The van der Waals surface area contributed by atoms with Gasteiger partial charge in [-0.05, 0) is 20.9 Å². The largest absolute Gasteiger partial charge is 0.493 e. The second-order valence-corrected chi connectivity index (χ2v) is 5.55. The van der Waals surface area contributed by atoms with Gasteiger partial charge in [-0.3, -0.25) is 14.8 Å². The molecule has 0 unspecified atom stereocenters. The van der Waals surface area contributed by atoms with E-state index in [4.69, 9.17) is 9.47 Å². The maximum Gasteiger partial charge on any atom is 0.183 e. The zero-order valence-electron chi connectivity index (χ0n) is 13.1. The number of rotatable bonds is 4. The number of piperazine rings is 1. The topological polar surface area (TPSA) is 37.8 Å². The molecule has 1 aliphatic heterocycles. The molecule has 1 aromatic heterocycles. The zero-order chi connectivity index (χ0) is 14.7. The quantitative estimate of drug-likeness (QED) is 0.837. The Morgan fingerprint density at radius 2 is 1.85 bits per heavy atom. The highest BCUT2D eigenvalue weighted by Gasteiger charge is 2.27. The average Bonchev–Trinajstić information content (AvgIpc) is 2.44. The predicted octanol–water partition coefficient (Wildman–Crippen LogP) is 1.62. The lowest BCUT2D eigenvalue weighted by Gasteiger charge is -2.42. The van der Waals surface area contributed by atoms with Crippen molar-refractivity contribution in [2.24, 2.45) is 0 Å². The summed E-state index contributed by atoms with van der Waals surface area (Å²) in [6.45, 7) is 7.41. The van der Waals surface area contributed by atoms with E-state index in [1.165, 1.54) is 0 Å². The lowest BCUT2D eigenvalue weighted by atomic mass is 10.1. The third-order valence-electron chi connectivity index (χ3n) is 4.17. The fourth-order valence-corrected chi connectivity index (χ4v) is 2.82. The first-order valence-corrected chi connectivity index (χ1v) is 7.07. The summed E-state index contributed by atoms with van der Waals surface area (Å²) in [5, 5.41) is 0. The van der Waals surface area contributed by atoms with E-state index < -0.39 is 0 Å². The Hall–Kier alpha value is -1.33. The van der Waals surface area contributed by atoms with Gasteiger partial charge in [-0.2, -0.15) is 0 Å². The van der Waals surface area contributed by atoms with Gasteiger partial charge >= 0.3 is 0 Å². The van der Waals surface area contributed by atoms with E-state index in [0.29, 0.717) is 12.1 Å². The minimum atomic E-state index is 0.551. The molecule has 0 aromatic carbocycles. The molecule has 20 heavy (non-hydrogen) atoms. The first-order valence-electron chi connectivity index (χ1n) is 7.07. The Labute approximate surface area is 121 Å². The third-order valence-corrected chi connectivity index (χ3v) is 4.17. The SMILES string of the molecule is COc1ccnc(CN2C[C@H](C)N(C)[C@@H](C)C2)c1OC. The lowest BCUT2D eigenvalue weighted by Crippen LogP contribution is -2.54. The van der Waals surface area contributed by atoms with Gasteiger partial charge in [0.05, 0.1) is 14.2 Å². The average molecular weight is 279 g/mol. The van der Waals surface area contributed by atoms with Crippen LogP contribution in [0.4, 0.5) is 0 Å². The number of methoxy groups -OCH3 is 2. The Morgan fingerprint density at radius 1 is 1.20 bits per heavy atom. The second kappa shape index (κ2) is 6.41. The van der Waals surface area contributed by atoms with Crippen molar-refractivity contribution in [2.75, 3.05) is 34.4 Å². The van der Waals surface area contributed by atoms with Gasteiger partial charge in [-0.1, -0.05) is 0 Å². The number of hydrogen-bond donors (Lipinski definition) is 0. The molecule has 0 N–H and O–H groups in total. The van der Waals surface area contributed by atoms with Crippen LogP contribution in [0.1, 0.15) is 19.5 Å². The van der Waals surface area contributed by atoms with Crippen molar-refractivity contribution in [2.45, 2.75) is 32.5 Å². The van der Waals surface area contributed by atoms with Gasteiger partial charge in [0, 0.05) is 44.0 Å². The van der Waals surface area contributed by atoms with Crippen molar-refractivity contribution in [3.05, 3.63) is 18.0 Å². The van der Waals surface area contributed by atoms with E-state index in [-0.39, 0.29) is 0 Å². The molecule has 2 atom stereocenters. The monoisotopic (exact) mass is 279 g/mol. The van der Waals surface area contributed by atoms with Crippen molar-refractivity contribution in [3.63, 3.8) is 0 Å². The molecule has 1 aliphatic rings. The molecule has 112 valence electrons. The molecule has 5 nitrogen and oxygen atoms in total. The summed E-state index contributed by atoms with van der Waals surface area (Å²) in [6.07, 6.45) is 1.78. The maximum absolute atomic E-state index is 5.46. The third kappa shape index (κ3) is 3.04. The van der Waals surface area contributed by atoms with Gasteiger partial charge in [-0.25, -0.2) is 0 Å². The van der Waals surface area contributed by atoms with Gasteiger partial charge in [0.15, 0.2) is 11.5 Å². The Kier molecular flexibility index (Phi) is 4.83. The zero-order valence-corrected chi connectivity index (χ0v) is 13.1. The smallest absolute Gasteiger partial charge is 0.183 e. The minimum absolute atomic E-state index is 0.551. The Balaban J connectivity index is 2.14. The lowest BCUT2D eigenvalue weighted by molar-refractivity contribution is 0.0544. The van der Waals surface area contributed by atoms with Crippen molar-refractivity contribution in [1.82, 2.24) is 14.8 Å². The second-order valence-electron chi connectivity index (χ2n) is 5.55. The molecule has 0 spiro atoms. The van der Waals surface area contributed by atoms with Crippen molar-refractivity contribution < 1.29 is 9.47 Å².